The summed E-state index contributed by atoms with van der Waals surface area (Å²) in [5, 5.41) is 7.19. The van der Waals surface area contributed by atoms with E-state index in [9.17, 15) is 9.59 Å². The number of aromatic nitrogens is 4. The van der Waals surface area contributed by atoms with Crippen LogP contribution >= 0.6 is 0 Å². The highest BCUT2D eigenvalue weighted by Gasteiger charge is 2.36. The third-order valence-electron chi connectivity index (χ3n) is 5.03. The lowest BCUT2D eigenvalue weighted by molar-refractivity contribution is -0.137. The molecule has 3 heterocycles. The van der Waals surface area contributed by atoms with Crippen LogP contribution in [0.25, 0.3) is 22.2 Å². The summed E-state index contributed by atoms with van der Waals surface area (Å²) < 4.78 is 7.28. The molecule has 7 nitrogen and oxygen atoms in total. The minimum absolute atomic E-state index is 0.338. The van der Waals surface area contributed by atoms with E-state index in [2.05, 4.69) is 15.2 Å². The summed E-state index contributed by atoms with van der Waals surface area (Å²) in [6, 6.07) is 12.0. The molecule has 4 aromatic rings. The van der Waals surface area contributed by atoms with E-state index < -0.39 is 12.0 Å². The lowest BCUT2D eigenvalue weighted by Gasteiger charge is -2.25. The molecule has 2 aromatic carbocycles. The number of nitrogens with zero attached hydrogens (tertiary/aromatic N) is 2. The predicted molar refractivity (Wildman–Crippen MR) is 99.8 cm³/mol. The van der Waals surface area contributed by atoms with Gasteiger partial charge in [-0.05, 0) is 31.5 Å². The van der Waals surface area contributed by atoms with Crippen LogP contribution in [0, 0.1) is 13.8 Å². The third-order valence-corrected chi connectivity index (χ3v) is 5.03. The Labute approximate surface area is 153 Å². The van der Waals surface area contributed by atoms with Gasteiger partial charge in [0.2, 0.25) is 0 Å². The van der Waals surface area contributed by atoms with Gasteiger partial charge in [0.05, 0.1) is 11.2 Å². The van der Waals surface area contributed by atoms with E-state index >= 15 is 0 Å². The van der Waals surface area contributed by atoms with Gasteiger partial charge < -0.3 is 9.72 Å². The molecule has 1 unspecified atom stereocenters. The van der Waals surface area contributed by atoms with Crippen LogP contribution in [0.4, 0.5) is 0 Å². The molecule has 0 aliphatic carbocycles. The molecule has 0 spiro atoms. The normalized spacial score (nSPS) is 15.9. The van der Waals surface area contributed by atoms with Crippen molar-refractivity contribution in [1.29, 1.82) is 0 Å². The van der Waals surface area contributed by atoms with Crippen LogP contribution in [0.1, 0.15) is 23.0 Å². The SMILES string of the molecule is Cc1n[nH]c(C)c1-c1ccc2[nH]c(=O)n3c2c1OC(=O)C3c1ccccc1. The van der Waals surface area contributed by atoms with Crippen molar-refractivity contribution in [2.45, 2.75) is 19.9 Å². The van der Waals surface area contributed by atoms with Crippen LogP contribution < -0.4 is 10.4 Å². The van der Waals surface area contributed by atoms with E-state index in [0.29, 0.717) is 22.3 Å². The molecular weight excluding hydrogens is 344 g/mol. The van der Waals surface area contributed by atoms with E-state index in [-0.39, 0.29) is 5.69 Å². The van der Waals surface area contributed by atoms with Gasteiger partial charge >= 0.3 is 11.7 Å². The topological polar surface area (TPSA) is 92.8 Å². The maximum absolute atomic E-state index is 12.9. The summed E-state index contributed by atoms with van der Waals surface area (Å²) in [5.74, 6) is -0.0985. The second-order valence-corrected chi connectivity index (χ2v) is 6.68. The number of aryl methyl sites for hydroxylation is 2. The Kier molecular flexibility index (Phi) is 3.15. The molecule has 1 atom stereocenters. The van der Waals surface area contributed by atoms with Crippen molar-refractivity contribution < 1.29 is 9.53 Å². The second-order valence-electron chi connectivity index (χ2n) is 6.68. The van der Waals surface area contributed by atoms with E-state index in [0.717, 1.165) is 22.5 Å². The fraction of sp³-hybridized carbons (Fsp3) is 0.150. The number of H-pyrrole nitrogens is 2. The van der Waals surface area contributed by atoms with Crippen molar-refractivity contribution in [2.75, 3.05) is 0 Å². The lowest BCUT2D eigenvalue weighted by atomic mass is 9.99. The highest BCUT2D eigenvalue weighted by atomic mass is 16.5. The molecular formula is C20H16N4O3. The van der Waals surface area contributed by atoms with Gasteiger partial charge in [0.15, 0.2) is 11.8 Å². The molecule has 0 bridgehead atoms. The van der Waals surface area contributed by atoms with Crippen LogP contribution in [0.2, 0.25) is 0 Å². The van der Waals surface area contributed by atoms with Crippen molar-refractivity contribution >= 4 is 17.0 Å². The molecule has 5 rings (SSSR count). The monoisotopic (exact) mass is 360 g/mol. The van der Waals surface area contributed by atoms with Gasteiger partial charge in [-0.25, -0.2) is 9.59 Å². The average Bonchev–Trinajstić information content (AvgIpc) is 3.17. The summed E-state index contributed by atoms with van der Waals surface area (Å²) in [7, 11) is 0. The molecule has 0 saturated carbocycles. The van der Waals surface area contributed by atoms with Gasteiger partial charge in [0, 0.05) is 16.8 Å². The zero-order chi connectivity index (χ0) is 18.7. The summed E-state index contributed by atoms with van der Waals surface area (Å²) in [6.45, 7) is 3.80. The first-order valence-electron chi connectivity index (χ1n) is 8.62. The predicted octanol–water partition coefficient (Wildman–Crippen LogP) is 2.84. The number of carbonyl (C=O) groups excluding carboxylic acids is 1. The standard InChI is InChI=1S/C20H16N4O3/c1-10-15(11(2)23-22-10)13-8-9-14-17-18(13)27-19(25)16(24(17)20(26)21-14)12-6-4-3-5-7-12/h3-9,16H,1-2H3,(H,21,26)(H,22,23). The average molecular weight is 360 g/mol. The van der Waals surface area contributed by atoms with E-state index in [1.54, 1.807) is 0 Å². The minimum atomic E-state index is -0.818. The smallest absolute Gasteiger partial charge is 0.339 e. The first-order valence-corrected chi connectivity index (χ1v) is 8.62. The Morgan fingerprint density at radius 1 is 1.07 bits per heavy atom. The molecule has 2 N–H and O–H groups in total. The minimum Gasteiger partial charge on any atom is -0.422 e. The van der Waals surface area contributed by atoms with Crippen molar-refractivity contribution in [1.82, 2.24) is 19.7 Å². The molecule has 0 saturated heterocycles. The summed E-state index contributed by atoms with van der Waals surface area (Å²) >= 11 is 0. The molecule has 7 heteroatoms. The fourth-order valence-corrected chi connectivity index (χ4v) is 3.86. The van der Waals surface area contributed by atoms with E-state index in [1.165, 1.54) is 4.57 Å². The van der Waals surface area contributed by atoms with Crippen molar-refractivity contribution in [3.8, 4) is 16.9 Å². The van der Waals surface area contributed by atoms with Gasteiger partial charge in [-0.2, -0.15) is 5.10 Å². The number of rotatable bonds is 2. The second kappa shape index (κ2) is 5.44. The number of ether oxygens (including phenoxy) is 1. The van der Waals surface area contributed by atoms with Gasteiger partial charge in [-0.1, -0.05) is 30.3 Å². The molecule has 0 radical (unpaired) electrons. The molecule has 2 aromatic heterocycles. The van der Waals surface area contributed by atoms with Crippen LogP contribution in [-0.4, -0.2) is 25.7 Å². The number of aromatic amines is 2. The number of esters is 1. The van der Waals surface area contributed by atoms with Gasteiger partial charge in [0.25, 0.3) is 0 Å². The van der Waals surface area contributed by atoms with E-state index in [4.69, 9.17) is 4.74 Å². The van der Waals surface area contributed by atoms with Gasteiger partial charge in [-0.15, -0.1) is 0 Å². The largest absolute Gasteiger partial charge is 0.422 e. The quantitative estimate of drug-likeness (QED) is 0.425. The Bertz CT molecular complexity index is 1240. The summed E-state index contributed by atoms with van der Waals surface area (Å²) in [6.07, 6.45) is 0. The lowest BCUT2D eigenvalue weighted by Crippen LogP contribution is -2.35. The van der Waals surface area contributed by atoms with Gasteiger partial charge in [0.1, 0.15) is 5.52 Å². The maximum Gasteiger partial charge on any atom is 0.339 e. The fourth-order valence-electron chi connectivity index (χ4n) is 3.86. The molecule has 1 aliphatic rings. The maximum atomic E-state index is 12.9. The van der Waals surface area contributed by atoms with Crippen LogP contribution in [-0.2, 0) is 4.79 Å². The van der Waals surface area contributed by atoms with E-state index in [1.807, 2.05) is 56.3 Å². The van der Waals surface area contributed by atoms with Crippen LogP contribution in [0.3, 0.4) is 0 Å². The molecule has 0 fully saturated rings. The number of imidazole rings is 1. The molecule has 134 valence electrons. The van der Waals surface area contributed by atoms with Crippen molar-refractivity contribution in [2.24, 2.45) is 0 Å². The number of carbonyl (C=O) groups is 1. The van der Waals surface area contributed by atoms with Crippen molar-refractivity contribution in [3.05, 3.63) is 69.9 Å². The summed E-state index contributed by atoms with van der Waals surface area (Å²) in [4.78, 5) is 28.5. The molecule has 1 aliphatic heterocycles. The number of benzene rings is 2. The Morgan fingerprint density at radius 3 is 2.56 bits per heavy atom. The first kappa shape index (κ1) is 15.6. The number of hydrogen-bond donors (Lipinski definition) is 2. The molecule has 27 heavy (non-hydrogen) atoms. The van der Waals surface area contributed by atoms with Crippen molar-refractivity contribution in [3.63, 3.8) is 0 Å². The molecule has 0 amide bonds. The number of hydrogen-bond acceptors (Lipinski definition) is 4. The zero-order valence-electron chi connectivity index (χ0n) is 14.7. The Hall–Kier alpha value is -3.61. The Balaban J connectivity index is 1.85. The summed E-state index contributed by atoms with van der Waals surface area (Å²) in [5.41, 5.74) is 4.86. The highest BCUT2D eigenvalue weighted by molar-refractivity contribution is 5.98. The zero-order valence-corrected chi connectivity index (χ0v) is 14.7. The van der Waals surface area contributed by atoms with Crippen LogP contribution in [0.15, 0.2) is 47.3 Å². The Morgan fingerprint density at radius 2 is 1.85 bits per heavy atom. The van der Waals surface area contributed by atoms with Crippen LogP contribution in [0.5, 0.6) is 5.75 Å². The highest BCUT2D eigenvalue weighted by Crippen LogP contribution is 2.42. The third kappa shape index (κ3) is 2.11. The number of nitrogens with one attached hydrogen (secondary N) is 2. The van der Waals surface area contributed by atoms with Gasteiger partial charge in [-0.3, -0.25) is 9.67 Å². The first-order chi connectivity index (χ1) is 13.1.